The Morgan fingerprint density at radius 3 is 1.69 bits per heavy atom. The summed E-state index contributed by atoms with van der Waals surface area (Å²) in [6.07, 6.45) is -0.657. The average molecular weight is 346 g/mol. The van der Waals surface area contributed by atoms with Gasteiger partial charge in [-0.3, -0.25) is 0 Å². The SMILES string of the molecule is CN(C)c1ccc(-c2ccccc2C(O)c2ccc(N(C)C)cc2)cc1. The van der Waals surface area contributed by atoms with Gasteiger partial charge in [-0.05, 0) is 46.5 Å². The maximum absolute atomic E-state index is 11.0. The summed E-state index contributed by atoms with van der Waals surface area (Å²) < 4.78 is 0. The lowest BCUT2D eigenvalue weighted by Gasteiger charge is -2.19. The van der Waals surface area contributed by atoms with Gasteiger partial charge in [0.05, 0.1) is 0 Å². The molecule has 3 aromatic rings. The molecular formula is C23H26N2O. The van der Waals surface area contributed by atoms with Crippen LogP contribution in [0, 0.1) is 0 Å². The zero-order chi connectivity index (χ0) is 18.7. The quantitative estimate of drug-likeness (QED) is 0.733. The molecule has 1 atom stereocenters. The van der Waals surface area contributed by atoms with E-state index in [4.69, 9.17) is 0 Å². The van der Waals surface area contributed by atoms with Crippen LogP contribution in [-0.4, -0.2) is 33.3 Å². The van der Waals surface area contributed by atoms with Crippen molar-refractivity contribution in [2.45, 2.75) is 6.10 Å². The highest BCUT2D eigenvalue weighted by Crippen LogP contribution is 2.33. The van der Waals surface area contributed by atoms with Crippen LogP contribution in [0.2, 0.25) is 0 Å². The van der Waals surface area contributed by atoms with E-state index >= 15 is 0 Å². The summed E-state index contributed by atoms with van der Waals surface area (Å²) in [6, 6.07) is 24.5. The van der Waals surface area contributed by atoms with E-state index < -0.39 is 6.10 Å². The van der Waals surface area contributed by atoms with Crippen molar-refractivity contribution < 1.29 is 5.11 Å². The van der Waals surface area contributed by atoms with Gasteiger partial charge in [0.1, 0.15) is 6.10 Å². The Kier molecular flexibility index (Phi) is 5.29. The van der Waals surface area contributed by atoms with Gasteiger partial charge in [-0.25, -0.2) is 0 Å². The molecule has 0 fully saturated rings. The minimum atomic E-state index is -0.657. The molecule has 3 rings (SSSR count). The Morgan fingerprint density at radius 2 is 1.15 bits per heavy atom. The standard InChI is InChI=1S/C23H26N2O/c1-24(2)19-13-9-17(10-14-19)21-7-5-6-8-22(21)23(26)18-11-15-20(16-12-18)25(3)4/h5-16,23,26H,1-4H3. The fourth-order valence-electron chi connectivity index (χ4n) is 3.07. The van der Waals surface area contributed by atoms with Gasteiger partial charge in [-0.15, -0.1) is 0 Å². The molecule has 26 heavy (non-hydrogen) atoms. The van der Waals surface area contributed by atoms with Crippen LogP contribution in [0.25, 0.3) is 11.1 Å². The first-order chi connectivity index (χ1) is 12.5. The number of hydrogen-bond donors (Lipinski definition) is 1. The fourth-order valence-corrected chi connectivity index (χ4v) is 3.07. The maximum Gasteiger partial charge on any atom is 0.105 e. The first-order valence-electron chi connectivity index (χ1n) is 8.79. The van der Waals surface area contributed by atoms with Crippen molar-refractivity contribution in [1.29, 1.82) is 0 Å². The van der Waals surface area contributed by atoms with E-state index in [1.807, 2.05) is 70.7 Å². The van der Waals surface area contributed by atoms with Gasteiger partial charge < -0.3 is 14.9 Å². The minimum Gasteiger partial charge on any atom is -0.384 e. The van der Waals surface area contributed by atoms with E-state index in [0.717, 1.165) is 33.6 Å². The second kappa shape index (κ2) is 7.63. The molecule has 0 spiro atoms. The summed E-state index contributed by atoms with van der Waals surface area (Å²) in [7, 11) is 8.09. The van der Waals surface area contributed by atoms with Crippen LogP contribution in [-0.2, 0) is 0 Å². The van der Waals surface area contributed by atoms with Crippen LogP contribution in [0.3, 0.4) is 0 Å². The summed E-state index contributed by atoms with van der Waals surface area (Å²) in [5, 5.41) is 11.0. The summed E-state index contributed by atoms with van der Waals surface area (Å²) in [5.74, 6) is 0. The zero-order valence-electron chi connectivity index (χ0n) is 15.8. The van der Waals surface area contributed by atoms with Crippen molar-refractivity contribution in [3.63, 3.8) is 0 Å². The normalized spacial score (nSPS) is 11.9. The third kappa shape index (κ3) is 3.73. The van der Waals surface area contributed by atoms with Gasteiger partial charge >= 0.3 is 0 Å². The molecule has 0 aliphatic carbocycles. The van der Waals surface area contributed by atoms with Crippen molar-refractivity contribution in [2.75, 3.05) is 38.0 Å². The second-order valence-corrected chi connectivity index (χ2v) is 6.92. The second-order valence-electron chi connectivity index (χ2n) is 6.92. The highest BCUT2D eigenvalue weighted by Gasteiger charge is 2.15. The number of anilines is 2. The zero-order valence-corrected chi connectivity index (χ0v) is 15.8. The van der Waals surface area contributed by atoms with E-state index in [2.05, 4.69) is 40.1 Å². The van der Waals surface area contributed by atoms with Gasteiger partial charge in [0.15, 0.2) is 0 Å². The van der Waals surface area contributed by atoms with Crippen LogP contribution < -0.4 is 9.80 Å². The molecule has 0 amide bonds. The van der Waals surface area contributed by atoms with E-state index in [0.29, 0.717) is 0 Å². The number of nitrogens with zero attached hydrogens (tertiary/aromatic N) is 2. The molecular weight excluding hydrogens is 320 g/mol. The lowest BCUT2D eigenvalue weighted by molar-refractivity contribution is 0.221. The topological polar surface area (TPSA) is 26.7 Å². The molecule has 3 nitrogen and oxygen atoms in total. The van der Waals surface area contributed by atoms with E-state index in [1.54, 1.807) is 0 Å². The lowest BCUT2D eigenvalue weighted by Crippen LogP contribution is -2.09. The summed E-state index contributed by atoms with van der Waals surface area (Å²) in [6.45, 7) is 0. The Balaban J connectivity index is 1.95. The van der Waals surface area contributed by atoms with Crippen molar-refractivity contribution >= 4 is 11.4 Å². The molecule has 0 saturated heterocycles. The van der Waals surface area contributed by atoms with Crippen LogP contribution in [0.4, 0.5) is 11.4 Å². The van der Waals surface area contributed by atoms with E-state index in [-0.39, 0.29) is 0 Å². The number of aliphatic hydroxyl groups excluding tert-OH is 1. The van der Waals surface area contributed by atoms with Gasteiger partial charge in [0.25, 0.3) is 0 Å². The smallest absolute Gasteiger partial charge is 0.105 e. The summed E-state index contributed by atoms with van der Waals surface area (Å²) in [5.41, 5.74) is 6.26. The number of rotatable bonds is 5. The number of hydrogen-bond acceptors (Lipinski definition) is 3. The monoisotopic (exact) mass is 346 g/mol. The van der Waals surface area contributed by atoms with E-state index in [9.17, 15) is 5.11 Å². The van der Waals surface area contributed by atoms with E-state index in [1.165, 1.54) is 0 Å². The fraction of sp³-hybridized carbons (Fsp3) is 0.217. The van der Waals surface area contributed by atoms with Crippen molar-refractivity contribution in [3.8, 4) is 11.1 Å². The Bertz CT molecular complexity index is 852. The lowest BCUT2D eigenvalue weighted by atomic mass is 9.92. The predicted molar refractivity (Wildman–Crippen MR) is 111 cm³/mol. The van der Waals surface area contributed by atoms with Gasteiger partial charge in [-0.2, -0.15) is 0 Å². The molecule has 0 radical (unpaired) electrons. The Morgan fingerprint density at radius 1 is 0.654 bits per heavy atom. The predicted octanol–water partition coefficient (Wildman–Crippen LogP) is 4.57. The van der Waals surface area contributed by atoms with Crippen LogP contribution in [0.1, 0.15) is 17.2 Å². The first kappa shape index (κ1) is 18.0. The minimum absolute atomic E-state index is 0.657. The van der Waals surface area contributed by atoms with Gasteiger partial charge in [0.2, 0.25) is 0 Å². The third-order valence-electron chi connectivity index (χ3n) is 4.68. The van der Waals surface area contributed by atoms with Gasteiger partial charge in [-0.1, -0.05) is 48.5 Å². The molecule has 0 aliphatic rings. The molecule has 0 bridgehead atoms. The molecule has 0 heterocycles. The molecule has 1 N–H and O–H groups in total. The van der Waals surface area contributed by atoms with Crippen LogP contribution >= 0.6 is 0 Å². The van der Waals surface area contributed by atoms with Crippen molar-refractivity contribution in [3.05, 3.63) is 83.9 Å². The van der Waals surface area contributed by atoms with Crippen molar-refractivity contribution in [2.24, 2.45) is 0 Å². The summed E-state index contributed by atoms with van der Waals surface area (Å²) >= 11 is 0. The number of benzene rings is 3. The first-order valence-corrected chi connectivity index (χ1v) is 8.79. The van der Waals surface area contributed by atoms with Gasteiger partial charge in [0, 0.05) is 39.6 Å². The average Bonchev–Trinajstić information content (AvgIpc) is 2.67. The molecule has 0 aromatic heterocycles. The maximum atomic E-state index is 11.0. The summed E-state index contributed by atoms with van der Waals surface area (Å²) in [4.78, 5) is 4.13. The largest absolute Gasteiger partial charge is 0.384 e. The molecule has 0 aliphatic heterocycles. The molecule has 3 heteroatoms. The highest BCUT2D eigenvalue weighted by atomic mass is 16.3. The molecule has 1 unspecified atom stereocenters. The molecule has 3 aromatic carbocycles. The number of aliphatic hydroxyl groups is 1. The molecule has 134 valence electrons. The van der Waals surface area contributed by atoms with Crippen molar-refractivity contribution in [1.82, 2.24) is 0 Å². The molecule has 0 saturated carbocycles. The van der Waals surface area contributed by atoms with Crippen LogP contribution in [0.5, 0.6) is 0 Å². The Labute approximate surface area is 156 Å². The Hall–Kier alpha value is -2.78. The van der Waals surface area contributed by atoms with Crippen LogP contribution in [0.15, 0.2) is 72.8 Å². The third-order valence-corrected chi connectivity index (χ3v) is 4.68. The highest BCUT2D eigenvalue weighted by molar-refractivity contribution is 5.70.